The van der Waals surface area contributed by atoms with Crippen molar-refractivity contribution in [2.45, 2.75) is 13.8 Å². The number of pyridine rings is 3. The van der Waals surface area contributed by atoms with Crippen LogP contribution < -0.4 is 4.74 Å². The van der Waals surface area contributed by atoms with Crippen LogP contribution in [-0.4, -0.2) is 64.3 Å². The number of aliphatic imine (C=N–C) groups is 1. The molecule has 37 heavy (non-hydrogen) atoms. The average Bonchev–Trinajstić information content (AvgIpc) is 3.58. The topological polar surface area (TPSA) is 79.3 Å². The Morgan fingerprint density at radius 1 is 1.08 bits per heavy atom. The molecule has 0 bridgehead atoms. The molecule has 0 atom stereocenters. The van der Waals surface area contributed by atoms with Gasteiger partial charge in [0.05, 0.1) is 17.6 Å². The third kappa shape index (κ3) is 5.45. The number of aromatic nitrogens is 4. The van der Waals surface area contributed by atoms with Crippen LogP contribution in [-0.2, 0) is 0 Å². The summed E-state index contributed by atoms with van der Waals surface area (Å²) in [7, 11) is 4.05. The van der Waals surface area contributed by atoms with Gasteiger partial charge in [-0.2, -0.15) is 0 Å². The highest BCUT2D eigenvalue weighted by Crippen LogP contribution is 2.32. The Balaban J connectivity index is 1.52. The lowest BCUT2D eigenvalue weighted by molar-refractivity contribution is 0.261. The van der Waals surface area contributed by atoms with Gasteiger partial charge in [-0.1, -0.05) is 6.07 Å². The largest absolute Gasteiger partial charge is 0.491 e. The van der Waals surface area contributed by atoms with E-state index in [1.807, 2.05) is 52.6 Å². The summed E-state index contributed by atoms with van der Waals surface area (Å²) in [5, 5.41) is 3.17. The number of hydrogen-bond acceptors (Lipinski definition) is 7. The van der Waals surface area contributed by atoms with Gasteiger partial charge in [-0.15, -0.1) is 11.3 Å². The molecular weight excluding hydrogens is 480 g/mol. The lowest BCUT2D eigenvalue weighted by Crippen LogP contribution is -2.19. The number of nitrogens with zero attached hydrogens (tertiary/aromatic N) is 5. The molecule has 1 N–H and O–H groups in total. The van der Waals surface area contributed by atoms with E-state index in [0.717, 1.165) is 57.1 Å². The van der Waals surface area contributed by atoms with Gasteiger partial charge in [0.15, 0.2) is 0 Å². The fourth-order valence-corrected chi connectivity index (χ4v) is 4.97. The molecule has 0 saturated carbocycles. The van der Waals surface area contributed by atoms with Crippen LogP contribution in [0.4, 0.5) is 0 Å². The highest BCUT2D eigenvalue weighted by atomic mass is 32.1. The van der Waals surface area contributed by atoms with E-state index in [9.17, 15) is 0 Å². The van der Waals surface area contributed by atoms with Crippen LogP contribution in [0.15, 0.2) is 71.6 Å². The molecule has 5 aromatic heterocycles. The zero-order valence-corrected chi connectivity index (χ0v) is 22.3. The second kappa shape index (κ2) is 11.0. The van der Waals surface area contributed by atoms with Crippen molar-refractivity contribution in [3.63, 3.8) is 0 Å². The van der Waals surface area contributed by atoms with Gasteiger partial charge in [0.25, 0.3) is 0 Å². The minimum atomic E-state index is 0.602. The molecule has 5 rings (SSSR count). The fourth-order valence-electron chi connectivity index (χ4n) is 4.21. The van der Waals surface area contributed by atoms with Gasteiger partial charge in [-0.25, -0.2) is 4.98 Å². The number of nitrogens with one attached hydrogen (secondary N) is 1. The predicted octanol–water partition coefficient (Wildman–Crippen LogP) is 5.85. The number of aromatic amines is 1. The third-order valence-electron chi connectivity index (χ3n) is 6.09. The van der Waals surface area contributed by atoms with Crippen molar-refractivity contribution in [3.05, 3.63) is 83.5 Å². The number of likely N-dealkylation sites (N-methyl/N-ethyl adjacent to an activating group) is 1. The number of hydrogen-bond donors (Lipinski definition) is 1. The zero-order valence-electron chi connectivity index (χ0n) is 21.5. The van der Waals surface area contributed by atoms with Crippen molar-refractivity contribution in [2.24, 2.45) is 4.99 Å². The van der Waals surface area contributed by atoms with E-state index in [1.54, 1.807) is 17.5 Å². The molecule has 0 aliphatic heterocycles. The van der Waals surface area contributed by atoms with E-state index in [0.29, 0.717) is 13.2 Å². The number of fused-ring (bicyclic) bond motifs is 1. The van der Waals surface area contributed by atoms with Crippen LogP contribution in [0.1, 0.15) is 23.9 Å². The van der Waals surface area contributed by atoms with Crippen LogP contribution in [0.25, 0.3) is 32.6 Å². The first kappa shape index (κ1) is 24.8. The van der Waals surface area contributed by atoms with Crippen molar-refractivity contribution in [3.8, 4) is 27.3 Å². The second-order valence-corrected chi connectivity index (χ2v) is 9.97. The number of H-pyrrole nitrogens is 1. The Labute approximate surface area is 220 Å². The van der Waals surface area contributed by atoms with Gasteiger partial charge < -0.3 is 14.6 Å². The maximum absolute atomic E-state index is 5.90. The molecule has 0 radical (unpaired) electrons. The van der Waals surface area contributed by atoms with Crippen LogP contribution in [0.5, 0.6) is 5.75 Å². The molecule has 0 aliphatic rings. The molecule has 188 valence electrons. The lowest BCUT2D eigenvalue weighted by atomic mass is 10.0. The first-order chi connectivity index (χ1) is 18.0. The summed E-state index contributed by atoms with van der Waals surface area (Å²) in [6.07, 6.45) is 7.31. The van der Waals surface area contributed by atoms with E-state index in [-0.39, 0.29) is 0 Å². The molecule has 0 amide bonds. The number of ether oxygens (including phenoxy) is 1. The third-order valence-corrected chi connectivity index (χ3v) is 6.99. The lowest BCUT2D eigenvalue weighted by Gasteiger charge is -2.13. The molecule has 7 nitrogen and oxygen atoms in total. The van der Waals surface area contributed by atoms with E-state index < -0.39 is 0 Å². The highest BCUT2D eigenvalue weighted by molar-refractivity contribution is 7.13. The first-order valence-corrected chi connectivity index (χ1v) is 13.2. The van der Waals surface area contributed by atoms with Gasteiger partial charge in [-0.3, -0.25) is 15.0 Å². The fraction of sp³-hybridized carbons (Fsp3) is 0.241. The number of thiophene rings is 1. The van der Waals surface area contributed by atoms with Gasteiger partial charge >= 0.3 is 0 Å². The summed E-state index contributed by atoms with van der Waals surface area (Å²) in [6.45, 7) is 6.15. The van der Waals surface area contributed by atoms with Crippen molar-refractivity contribution < 1.29 is 4.74 Å². The number of aryl methyl sites for hydroxylation is 1. The summed E-state index contributed by atoms with van der Waals surface area (Å²) in [5.74, 6) is 0.742. The van der Waals surface area contributed by atoms with Gasteiger partial charge in [0.2, 0.25) is 0 Å². The second-order valence-electron chi connectivity index (χ2n) is 9.02. The molecule has 0 saturated heterocycles. The Bertz CT molecular complexity index is 1540. The zero-order chi connectivity index (χ0) is 25.8. The maximum Gasteiger partial charge on any atom is 0.138 e. The van der Waals surface area contributed by atoms with E-state index in [1.165, 1.54) is 10.4 Å². The van der Waals surface area contributed by atoms with Crippen LogP contribution >= 0.6 is 11.3 Å². The molecule has 0 aromatic carbocycles. The molecule has 5 aromatic rings. The molecule has 0 spiro atoms. The summed E-state index contributed by atoms with van der Waals surface area (Å²) < 4.78 is 5.90. The smallest absolute Gasteiger partial charge is 0.138 e. The van der Waals surface area contributed by atoms with E-state index in [4.69, 9.17) is 14.7 Å². The van der Waals surface area contributed by atoms with E-state index >= 15 is 0 Å². The van der Waals surface area contributed by atoms with Gasteiger partial charge in [0, 0.05) is 69.9 Å². The van der Waals surface area contributed by atoms with Gasteiger partial charge in [-0.05, 0) is 63.7 Å². The summed E-state index contributed by atoms with van der Waals surface area (Å²) in [6, 6.07) is 12.6. The molecule has 5 heterocycles. The van der Waals surface area contributed by atoms with Crippen molar-refractivity contribution >= 4 is 28.1 Å². The van der Waals surface area contributed by atoms with Crippen molar-refractivity contribution in [2.75, 3.05) is 33.8 Å². The van der Waals surface area contributed by atoms with Gasteiger partial charge in [0.1, 0.15) is 18.0 Å². The summed E-state index contributed by atoms with van der Waals surface area (Å²) in [4.78, 5) is 25.4. The molecule has 0 unspecified atom stereocenters. The van der Waals surface area contributed by atoms with Crippen molar-refractivity contribution in [1.29, 1.82) is 0 Å². The minimum absolute atomic E-state index is 0.602. The SMILES string of the molecule is CC/N=C(/c1cc2c(-c3cccs3)ccnc2[nH]1)c1cc(-c2cncc(OCCN(C)C)c2)cnc1C. The van der Waals surface area contributed by atoms with Crippen LogP contribution in [0, 0.1) is 6.92 Å². The Morgan fingerprint density at radius 2 is 1.95 bits per heavy atom. The quantitative estimate of drug-likeness (QED) is 0.252. The maximum atomic E-state index is 5.90. The highest BCUT2D eigenvalue weighted by Gasteiger charge is 2.17. The average molecular weight is 511 g/mol. The Hall–Kier alpha value is -3.88. The molecule has 0 aliphatic carbocycles. The van der Waals surface area contributed by atoms with E-state index in [2.05, 4.69) is 55.6 Å². The molecule has 8 heteroatoms. The van der Waals surface area contributed by atoms with Crippen LogP contribution in [0.2, 0.25) is 0 Å². The number of rotatable bonds is 9. The first-order valence-electron chi connectivity index (χ1n) is 12.3. The minimum Gasteiger partial charge on any atom is -0.491 e. The molecule has 0 fully saturated rings. The van der Waals surface area contributed by atoms with Crippen LogP contribution in [0.3, 0.4) is 0 Å². The normalized spacial score (nSPS) is 12.0. The Morgan fingerprint density at radius 3 is 2.73 bits per heavy atom. The summed E-state index contributed by atoms with van der Waals surface area (Å²) in [5.41, 5.74) is 7.60. The predicted molar refractivity (Wildman–Crippen MR) is 152 cm³/mol. The van der Waals surface area contributed by atoms with Crippen molar-refractivity contribution in [1.82, 2.24) is 24.8 Å². The summed E-state index contributed by atoms with van der Waals surface area (Å²) >= 11 is 1.72. The Kier molecular flexibility index (Phi) is 7.39. The molecular formula is C29H30N6OS. The monoisotopic (exact) mass is 510 g/mol. The standard InChI is InChI=1S/C29H30N6OS/c1-5-31-28(26-15-25-23(27-7-6-12-37-27)8-9-32-29(25)34-26)24-14-21(17-33-19(24)2)20-13-22(18-30-16-20)36-11-10-35(3)4/h6-9,12-18H,5,10-11H2,1-4H3,(H,32,34)/b31-28+.